The van der Waals surface area contributed by atoms with Gasteiger partial charge in [-0.25, -0.2) is 0 Å². The van der Waals surface area contributed by atoms with Crippen LogP contribution in [0, 0.1) is 0 Å². The monoisotopic (exact) mass is 288 g/mol. The Morgan fingerprint density at radius 2 is 2.05 bits per heavy atom. The Hall–Kier alpha value is -2.07. The van der Waals surface area contributed by atoms with E-state index in [4.69, 9.17) is 16.3 Å². The van der Waals surface area contributed by atoms with Gasteiger partial charge in [0.05, 0.1) is 12.2 Å². The van der Waals surface area contributed by atoms with Crippen LogP contribution >= 0.6 is 11.6 Å². The van der Waals surface area contributed by atoms with Gasteiger partial charge in [0.15, 0.2) is 6.61 Å². The van der Waals surface area contributed by atoms with Gasteiger partial charge < -0.3 is 9.64 Å². The second kappa shape index (κ2) is 5.51. The van der Waals surface area contributed by atoms with Crippen molar-refractivity contribution in [3.63, 3.8) is 0 Å². The number of carbonyl (C=O) groups is 1. The van der Waals surface area contributed by atoms with Crippen LogP contribution in [-0.4, -0.2) is 22.4 Å². The minimum atomic E-state index is -0.0436. The Balaban J connectivity index is 1.57. The minimum Gasteiger partial charge on any atom is -0.484 e. The molecule has 0 fully saturated rings. The summed E-state index contributed by atoms with van der Waals surface area (Å²) in [6.45, 7) is 1.18. The van der Waals surface area contributed by atoms with E-state index in [0.717, 1.165) is 11.3 Å². The molecule has 0 atom stereocenters. The summed E-state index contributed by atoms with van der Waals surface area (Å²) < 4.78 is 5.46. The van der Waals surface area contributed by atoms with Gasteiger partial charge in [0.2, 0.25) is 0 Å². The Kier molecular flexibility index (Phi) is 3.56. The number of pyridine rings is 1. The van der Waals surface area contributed by atoms with Crippen LogP contribution in [0.4, 0.5) is 0 Å². The second-order valence-electron chi connectivity index (χ2n) is 4.60. The molecular formula is C15H13ClN2O2. The van der Waals surface area contributed by atoms with E-state index in [-0.39, 0.29) is 12.5 Å². The van der Waals surface area contributed by atoms with E-state index in [1.165, 1.54) is 0 Å². The number of halogens is 1. The smallest absolute Gasteiger partial charge is 0.261 e. The molecule has 1 aromatic heterocycles. The van der Waals surface area contributed by atoms with E-state index in [1.807, 2.05) is 12.1 Å². The number of carbonyl (C=O) groups excluding carboxylic acids is 1. The molecule has 20 heavy (non-hydrogen) atoms. The number of ether oxygens (including phenoxy) is 1. The van der Waals surface area contributed by atoms with Crippen LogP contribution < -0.4 is 4.74 Å². The summed E-state index contributed by atoms with van der Waals surface area (Å²) in [5.74, 6) is 0.593. The van der Waals surface area contributed by atoms with Gasteiger partial charge >= 0.3 is 0 Å². The average molecular weight is 289 g/mol. The van der Waals surface area contributed by atoms with E-state index >= 15 is 0 Å². The molecule has 102 valence electrons. The summed E-state index contributed by atoms with van der Waals surface area (Å²) >= 11 is 5.79. The molecule has 0 bridgehead atoms. The molecule has 1 amide bonds. The Bertz CT molecular complexity index is 603. The summed E-state index contributed by atoms with van der Waals surface area (Å²) in [7, 11) is 0. The SMILES string of the molecule is O=C(COc1ccc(Cl)cc1)N1Cc2cccnc2C1. The van der Waals surface area contributed by atoms with Gasteiger partial charge in [0, 0.05) is 17.8 Å². The van der Waals surface area contributed by atoms with E-state index < -0.39 is 0 Å². The number of amides is 1. The number of nitrogens with zero attached hydrogens (tertiary/aromatic N) is 2. The maximum Gasteiger partial charge on any atom is 0.261 e. The highest BCUT2D eigenvalue weighted by atomic mass is 35.5. The van der Waals surface area contributed by atoms with Crippen molar-refractivity contribution in [3.05, 3.63) is 58.9 Å². The van der Waals surface area contributed by atoms with Crippen molar-refractivity contribution in [1.29, 1.82) is 0 Å². The van der Waals surface area contributed by atoms with Gasteiger partial charge in [-0.1, -0.05) is 17.7 Å². The molecule has 5 heteroatoms. The van der Waals surface area contributed by atoms with E-state index in [2.05, 4.69) is 4.98 Å². The standard InChI is InChI=1S/C15H13ClN2O2/c16-12-3-5-13(6-4-12)20-10-15(19)18-8-11-2-1-7-17-14(11)9-18/h1-7H,8-10H2. The number of fused-ring (bicyclic) bond motifs is 1. The Labute approximate surface area is 122 Å². The molecule has 0 radical (unpaired) electrons. The number of aromatic nitrogens is 1. The van der Waals surface area contributed by atoms with Crippen LogP contribution in [-0.2, 0) is 17.9 Å². The molecule has 0 aliphatic carbocycles. The fraction of sp³-hybridized carbons (Fsp3) is 0.200. The first-order valence-electron chi connectivity index (χ1n) is 6.31. The molecule has 2 heterocycles. The van der Waals surface area contributed by atoms with Crippen molar-refractivity contribution < 1.29 is 9.53 Å². The van der Waals surface area contributed by atoms with Crippen LogP contribution in [0.25, 0.3) is 0 Å². The van der Waals surface area contributed by atoms with Crippen LogP contribution in [0.3, 0.4) is 0 Å². The summed E-state index contributed by atoms with van der Waals surface area (Å²) in [6.07, 6.45) is 1.75. The highest BCUT2D eigenvalue weighted by molar-refractivity contribution is 6.30. The first-order chi connectivity index (χ1) is 9.72. The van der Waals surface area contributed by atoms with Gasteiger partial charge in [-0.05, 0) is 35.9 Å². The fourth-order valence-electron chi connectivity index (χ4n) is 2.14. The van der Waals surface area contributed by atoms with Crippen molar-refractivity contribution >= 4 is 17.5 Å². The molecule has 1 aliphatic heterocycles. The highest BCUT2D eigenvalue weighted by Gasteiger charge is 2.24. The van der Waals surface area contributed by atoms with Crippen molar-refractivity contribution in [2.75, 3.05) is 6.61 Å². The summed E-state index contributed by atoms with van der Waals surface area (Å²) in [5, 5.41) is 0.643. The van der Waals surface area contributed by atoms with Crippen molar-refractivity contribution in [2.24, 2.45) is 0 Å². The van der Waals surface area contributed by atoms with Gasteiger partial charge in [-0.2, -0.15) is 0 Å². The van der Waals surface area contributed by atoms with Crippen LogP contribution in [0.15, 0.2) is 42.6 Å². The lowest BCUT2D eigenvalue weighted by molar-refractivity contribution is -0.134. The lowest BCUT2D eigenvalue weighted by Crippen LogP contribution is -2.30. The van der Waals surface area contributed by atoms with Gasteiger partial charge in [-0.15, -0.1) is 0 Å². The quantitative estimate of drug-likeness (QED) is 0.872. The molecule has 0 saturated carbocycles. The molecule has 0 spiro atoms. The minimum absolute atomic E-state index is 0.0234. The largest absolute Gasteiger partial charge is 0.484 e. The van der Waals surface area contributed by atoms with Gasteiger partial charge in [-0.3, -0.25) is 9.78 Å². The summed E-state index contributed by atoms with van der Waals surface area (Å²) in [5.41, 5.74) is 2.07. The number of hydrogen-bond acceptors (Lipinski definition) is 3. The number of rotatable bonds is 3. The molecule has 3 rings (SSSR count). The molecular weight excluding hydrogens is 276 g/mol. The molecule has 0 unspecified atom stereocenters. The second-order valence-corrected chi connectivity index (χ2v) is 5.04. The van der Waals surface area contributed by atoms with E-state index in [0.29, 0.717) is 23.9 Å². The fourth-order valence-corrected chi connectivity index (χ4v) is 2.27. The average Bonchev–Trinajstić information content (AvgIpc) is 2.90. The third-order valence-electron chi connectivity index (χ3n) is 3.22. The van der Waals surface area contributed by atoms with Crippen molar-refractivity contribution in [3.8, 4) is 5.75 Å². The zero-order valence-corrected chi connectivity index (χ0v) is 11.5. The molecule has 2 aromatic rings. The Morgan fingerprint density at radius 3 is 2.80 bits per heavy atom. The molecule has 1 aromatic carbocycles. The molecule has 0 saturated heterocycles. The van der Waals surface area contributed by atoms with E-state index in [9.17, 15) is 4.79 Å². The number of hydrogen-bond donors (Lipinski definition) is 0. The first-order valence-corrected chi connectivity index (χ1v) is 6.69. The molecule has 1 aliphatic rings. The first kappa shape index (κ1) is 12.9. The third-order valence-corrected chi connectivity index (χ3v) is 3.47. The van der Waals surface area contributed by atoms with Crippen molar-refractivity contribution in [1.82, 2.24) is 9.88 Å². The van der Waals surface area contributed by atoms with Crippen LogP contribution in [0.2, 0.25) is 5.02 Å². The predicted octanol–water partition coefficient (Wildman–Crippen LogP) is 2.66. The van der Waals surface area contributed by atoms with Crippen molar-refractivity contribution in [2.45, 2.75) is 13.1 Å². The van der Waals surface area contributed by atoms with Gasteiger partial charge in [0.25, 0.3) is 5.91 Å². The van der Waals surface area contributed by atoms with E-state index in [1.54, 1.807) is 35.4 Å². The lowest BCUT2D eigenvalue weighted by atomic mass is 10.2. The summed E-state index contributed by atoms with van der Waals surface area (Å²) in [6, 6.07) is 10.8. The third kappa shape index (κ3) is 2.75. The normalized spacial score (nSPS) is 13.2. The lowest BCUT2D eigenvalue weighted by Gasteiger charge is -2.15. The maximum absolute atomic E-state index is 12.1. The topological polar surface area (TPSA) is 42.4 Å². The zero-order valence-electron chi connectivity index (χ0n) is 10.8. The molecule has 0 N–H and O–H groups in total. The Morgan fingerprint density at radius 1 is 1.25 bits per heavy atom. The highest BCUT2D eigenvalue weighted by Crippen LogP contribution is 2.20. The zero-order chi connectivity index (χ0) is 13.9. The predicted molar refractivity (Wildman–Crippen MR) is 75.4 cm³/mol. The molecule has 4 nitrogen and oxygen atoms in total. The van der Waals surface area contributed by atoms with Crippen LogP contribution in [0.5, 0.6) is 5.75 Å². The number of benzene rings is 1. The van der Waals surface area contributed by atoms with Crippen LogP contribution in [0.1, 0.15) is 11.3 Å². The van der Waals surface area contributed by atoms with Gasteiger partial charge in [0.1, 0.15) is 5.75 Å². The summed E-state index contributed by atoms with van der Waals surface area (Å²) in [4.78, 5) is 18.1. The maximum atomic E-state index is 12.1.